The Morgan fingerprint density at radius 2 is 1.87 bits per heavy atom. The minimum absolute atomic E-state index is 0.133. The highest BCUT2D eigenvalue weighted by atomic mass is 32.2. The largest absolute Gasteiger partial charge is 0.326 e. The fraction of sp³-hybridized carbons (Fsp3) is 0.318. The van der Waals surface area contributed by atoms with Gasteiger partial charge in [0.05, 0.1) is 22.1 Å². The highest BCUT2D eigenvalue weighted by Crippen LogP contribution is 2.22. The topological polar surface area (TPSA) is 101 Å². The summed E-state index contributed by atoms with van der Waals surface area (Å²) < 4.78 is 27.5. The first kappa shape index (κ1) is 22.6. The Labute approximate surface area is 181 Å². The molecule has 0 aliphatic carbocycles. The number of carbonyl (C=O) groups excluding carboxylic acids is 1. The van der Waals surface area contributed by atoms with Crippen LogP contribution in [-0.2, 0) is 21.4 Å². The Morgan fingerprint density at radius 3 is 2.58 bits per heavy atom. The van der Waals surface area contributed by atoms with E-state index in [9.17, 15) is 18.0 Å². The van der Waals surface area contributed by atoms with Gasteiger partial charge in [0.15, 0.2) is 0 Å². The normalized spacial score (nSPS) is 11.8. The van der Waals surface area contributed by atoms with Crippen molar-refractivity contribution in [1.82, 2.24) is 13.9 Å². The molecule has 1 amide bonds. The molecular formula is C22H26N4O4S. The fourth-order valence-electron chi connectivity index (χ4n) is 3.28. The van der Waals surface area contributed by atoms with E-state index in [1.165, 1.54) is 31.1 Å². The molecule has 0 aliphatic rings. The number of nitrogens with one attached hydrogen (secondary N) is 1. The second kappa shape index (κ2) is 8.99. The number of nitrogens with zero attached hydrogens (tertiary/aromatic N) is 3. The lowest BCUT2D eigenvalue weighted by molar-refractivity contribution is -0.116. The van der Waals surface area contributed by atoms with E-state index in [1.807, 2.05) is 19.1 Å². The lowest BCUT2D eigenvalue weighted by atomic mass is 10.1. The summed E-state index contributed by atoms with van der Waals surface area (Å²) in [6, 6.07) is 10.3. The van der Waals surface area contributed by atoms with E-state index in [-0.39, 0.29) is 22.8 Å². The highest BCUT2D eigenvalue weighted by Gasteiger charge is 2.20. The summed E-state index contributed by atoms with van der Waals surface area (Å²) in [6.45, 7) is 3.97. The predicted octanol–water partition coefficient (Wildman–Crippen LogP) is 2.68. The maximum atomic E-state index is 12.6. The van der Waals surface area contributed by atoms with Crippen LogP contribution in [-0.4, -0.2) is 42.3 Å². The number of benzene rings is 2. The third-order valence-corrected chi connectivity index (χ3v) is 7.05. The molecule has 0 atom stereocenters. The monoisotopic (exact) mass is 442 g/mol. The standard InChI is InChI=1S/C22H26N4O4S/c1-15-10-11-17(13-19(15)31(29,30)25(3)4)24-20(27)9-6-12-26-14-23-21-16(2)7-5-8-18(21)22(26)28/h5,7-8,10-11,13-14H,6,9,12H2,1-4H3,(H,24,27). The number of sulfonamides is 1. The second-order valence-electron chi connectivity index (χ2n) is 7.63. The summed E-state index contributed by atoms with van der Waals surface area (Å²) in [6.07, 6.45) is 2.13. The van der Waals surface area contributed by atoms with Crippen LogP contribution in [0.2, 0.25) is 0 Å². The molecule has 0 aliphatic heterocycles. The molecule has 164 valence electrons. The average Bonchev–Trinajstić information content (AvgIpc) is 2.71. The van der Waals surface area contributed by atoms with E-state index in [0.29, 0.717) is 35.1 Å². The van der Waals surface area contributed by atoms with Gasteiger partial charge in [0.25, 0.3) is 5.56 Å². The van der Waals surface area contributed by atoms with Gasteiger partial charge in [-0.2, -0.15) is 0 Å². The van der Waals surface area contributed by atoms with E-state index < -0.39 is 10.0 Å². The Balaban J connectivity index is 1.66. The van der Waals surface area contributed by atoms with Crippen LogP contribution >= 0.6 is 0 Å². The molecule has 9 heteroatoms. The summed E-state index contributed by atoms with van der Waals surface area (Å²) >= 11 is 0. The number of rotatable bonds is 7. The summed E-state index contributed by atoms with van der Waals surface area (Å²) in [5.74, 6) is -0.255. The van der Waals surface area contributed by atoms with Gasteiger partial charge in [0, 0.05) is 32.7 Å². The molecule has 0 unspecified atom stereocenters. The van der Waals surface area contributed by atoms with Crippen LogP contribution in [0.5, 0.6) is 0 Å². The Kier molecular flexibility index (Phi) is 6.56. The van der Waals surface area contributed by atoms with Gasteiger partial charge in [0.2, 0.25) is 15.9 Å². The minimum Gasteiger partial charge on any atom is -0.326 e. The summed E-state index contributed by atoms with van der Waals surface area (Å²) in [7, 11) is -0.681. The number of anilines is 1. The smallest absolute Gasteiger partial charge is 0.261 e. The van der Waals surface area contributed by atoms with Crippen molar-refractivity contribution in [2.45, 2.75) is 38.1 Å². The van der Waals surface area contributed by atoms with Crippen LogP contribution in [0.15, 0.2) is 52.4 Å². The molecule has 0 radical (unpaired) electrons. The van der Waals surface area contributed by atoms with Crippen LogP contribution < -0.4 is 10.9 Å². The highest BCUT2D eigenvalue weighted by molar-refractivity contribution is 7.89. The molecule has 31 heavy (non-hydrogen) atoms. The maximum Gasteiger partial charge on any atom is 0.261 e. The molecule has 1 N–H and O–H groups in total. The Morgan fingerprint density at radius 1 is 1.13 bits per heavy atom. The number of hydrogen-bond donors (Lipinski definition) is 1. The molecule has 0 saturated carbocycles. The first-order valence-electron chi connectivity index (χ1n) is 9.89. The van der Waals surface area contributed by atoms with Crippen molar-refractivity contribution < 1.29 is 13.2 Å². The molecule has 0 bridgehead atoms. The van der Waals surface area contributed by atoms with Crippen molar-refractivity contribution in [1.29, 1.82) is 0 Å². The van der Waals surface area contributed by atoms with Crippen LogP contribution in [0.1, 0.15) is 24.0 Å². The van der Waals surface area contributed by atoms with Crippen molar-refractivity contribution in [3.05, 3.63) is 64.2 Å². The number of para-hydroxylation sites is 1. The van der Waals surface area contributed by atoms with E-state index in [1.54, 1.807) is 25.1 Å². The quantitative estimate of drug-likeness (QED) is 0.606. The molecular weight excluding hydrogens is 416 g/mol. The molecule has 2 aromatic carbocycles. The van der Waals surface area contributed by atoms with Gasteiger partial charge >= 0.3 is 0 Å². The summed E-state index contributed by atoms with van der Waals surface area (Å²) in [5, 5.41) is 3.29. The molecule has 1 aromatic heterocycles. The molecule has 1 heterocycles. The third kappa shape index (κ3) is 4.83. The summed E-state index contributed by atoms with van der Waals surface area (Å²) in [5.41, 5.74) is 2.51. The van der Waals surface area contributed by atoms with E-state index in [4.69, 9.17) is 0 Å². The van der Waals surface area contributed by atoms with E-state index in [0.717, 1.165) is 9.87 Å². The average molecular weight is 443 g/mol. The van der Waals surface area contributed by atoms with Crippen LogP contribution in [0.4, 0.5) is 5.69 Å². The molecule has 3 aromatic rings. The summed E-state index contributed by atoms with van der Waals surface area (Å²) in [4.78, 5) is 29.5. The lowest BCUT2D eigenvalue weighted by Crippen LogP contribution is -2.23. The number of hydrogen-bond acceptors (Lipinski definition) is 5. The minimum atomic E-state index is -3.61. The molecule has 3 rings (SSSR count). The van der Waals surface area contributed by atoms with Crippen molar-refractivity contribution in [2.24, 2.45) is 0 Å². The third-order valence-electron chi connectivity index (χ3n) is 5.09. The van der Waals surface area contributed by atoms with Crippen molar-refractivity contribution in [3.8, 4) is 0 Å². The van der Waals surface area contributed by atoms with E-state index in [2.05, 4.69) is 10.3 Å². The van der Waals surface area contributed by atoms with Gasteiger partial charge in [-0.3, -0.25) is 14.2 Å². The molecule has 8 nitrogen and oxygen atoms in total. The van der Waals surface area contributed by atoms with Crippen LogP contribution in [0, 0.1) is 13.8 Å². The second-order valence-corrected chi connectivity index (χ2v) is 9.75. The van der Waals surface area contributed by atoms with Gasteiger partial charge in [-0.05, 0) is 49.6 Å². The molecule has 0 saturated heterocycles. The number of aryl methyl sites for hydroxylation is 3. The Hall–Kier alpha value is -3.04. The van der Waals surface area contributed by atoms with Gasteiger partial charge in [-0.15, -0.1) is 0 Å². The van der Waals surface area contributed by atoms with Gasteiger partial charge in [-0.25, -0.2) is 17.7 Å². The van der Waals surface area contributed by atoms with Crippen molar-refractivity contribution >= 4 is 32.5 Å². The maximum absolute atomic E-state index is 12.6. The number of amides is 1. The van der Waals surface area contributed by atoms with Gasteiger partial charge in [0.1, 0.15) is 0 Å². The zero-order valence-electron chi connectivity index (χ0n) is 18.0. The fourth-order valence-corrected chi connectivity index (χ4v) is 4.43. The zero-order chi connectivity index (χ0) is 22.8. The van der Waals surface area contributed by atoms with Gasteiger partial charge < -0.3 is 5.32 Å². The molecule has 0 fully saturated rings. The van der Waals surface area contributed by atoms with Gasteiger partial charge in [-0.1, -0.05) is 18.2 Å². The van der Waals surface area contributed by atoms with Crippen LogP contribution in [0.25, 0.3) is 10.9 Å². The zero-order valence-corrected chi connectivity index (χ0v) is 18.9. The number of carbonyl (C=O) groups is 1. The molecule has 0 spiro atoms. The number of aromatic nitrogens is 2. The first-order chi connectivity index (χ1) is 14.6. The Bertz CT molecular complexity index is 1300. The van der Waals surface area contributed by atoms with E-state index >= 15 is 0 Å². The SMILES string of the molecule is Cc1ccc(NC(=O)CCCn2cnc3c(C)cccc3c2=O)cc1S(=O)(=O)N(C)C. The first-order valence-corrected chi connectivity index (χ1v) is 11.3. The number of fused-ring (bicyclic) bond motifs is 1. The van der Waals surface area contributed by atoms with Crippen molar-refractivity contribution in [2.75, 3.05) is 19.4 Å². The lowest BCUT2D eigenvalue weighted by Gasteiger charge is -2.15. The van der Waals surface area contributed by atoms with Crippen LogP contribution in [0.3, 0.4) is 0 Å². The van der Waals surface area contributed by atoms with Crippen molar-refractivity contribution in [3.63, 3.8) is 0 Å². The predicted molar refractivity (Wildman–Crippen MR) is 121 cm³/mol.